The Morgan fingerprint density at radius 3 is 2.67 bits per heavy atom. The third-order valence-electron chi connectivity index (χ3n) is 1.85. The number of benzene rings is 1. The van der Waals surface area contributed by atoms with E-state index in [0.29, 0.717) is 29.3 Å². The number of hydrogen-bond acceptors (Lipinski definition) is 1. The Morgan fingerprint density at radius 2 is 2.07 bits per heavy atom. The van der Waals surface area contributed by atoms with Gasteiger partial charge in [0.15, 0.2) is 0 Å². The zero-order chi connectivity index (χ0) is 11.3. The summed E-state index contributed by atoms with van der Waals surface area (Å²) in [6.07, 6.45) is 1.20. The van der Waals surface area contributed by atoms with E-state index in [-0.39, 0.29) is 5.75 Å². The van der Waals surface area contributed by atoms with Gasteiger partial charge in [0.1, 0.15) is 5.75 Å². The monoisotopic (exact) mass is 254 g/mol. The maximum atomic E-state index is 12.1. The molecule has 0 N–H and O–H groups in total. The maximum absolute atomic E-state index is 12.1. The zero-order valence-corrected chi connectivity index (χ0v) is 9.36. The normalized spacial score (nSPS) is 10.7. The van der Waals surface area contributed by atoms with Crippen LogP contribution in [0.25, 0.3) is 0 Å². The third kappa shape index (κ3) is 3.84. The fourth-order valence-corrected chi connectivity index (χ4v) is 1.63. The van der Waals surface area contributed by atoms with Crippen LogP contribution in [-0.2, 0) is 6.42 Å². The molecule has 0 unspecified atom stereocenters. The topological polar surface area (TPSA) is 9.23 Å². The van der Waals surface area contributed by atoms with Crippen LogP contribution in [0, 0.1) is 0 Å². The molecule has 0 saturated heterocycles. The van der Waals surface area contributed by atoms with Gasteiger partial charge in [0, 0.05) is 16.5 Å². The summed E-state index contributed by atoms with van der Waals surface area (Å²) in [4.78, 5) is 0. The van der Waals surface area contributed by atoms with Crippen molar-refractivity contribution in [1.82, 2.24) is 0 Å². The highest BCUT2D eigenvalue weighted by Gasteiger charge is 2.11. The molecule has 1 rings (SSSR count). The van der Waals surface area contributed by atoms with Crippen LogP contribution in [-0.4, -0.2) is 12.5 Å². The van der Waals surface area contributed by atoms with Gasteiger partial charge in [0.25, 0.3) is 0 Å². The quantitative estimate of drug-likeness (QED) is 0.719. The first kappa shape index (κ1) is 12.5. The zero-order valence-electron chi connectivity index (χ0n) is 7.85. The molecule has 1 aromatic carbocycles. The minimum atomic E-state index is -2.83. The first-order chi connectivity index (χ1) is 7.15. The van der Waals surface area contributed by atoms with E-state index in [9.17, 15) is 8.78 Å². The highest BCUT2D eigenvalue weighted by atomic mass is 35.5. The van der Waals surface area contributed by atoms with Crippen LogP contribution in [0.15, 0.2) is 18.2 Å². The molecule has 0 fully saturated rings. The van der Waals surface area contributed by atoms with Crippen LogP contribution < -0.4 is 4.74 Å². The van der Waals surface area contributed by atoms with Gasteiger partial charge in [-0.15, -0.1) is 11.6 Å². The van der Waals surface area contributed by atoms with Crippen molar-refractivity contribution in [2.75, 3.05) is 5.88 Å². The van der Waals surface area contributed by atoms with Gasteiger partial charge >= 0.3 is 6.61 Å². The molecule has 0 radical (unpaired) electrons. The van der Waals surface area contributed by atoms with Gasteiger partial charge in [0.2, 0.25) is 0 Å². The number of rotatable bonds is 5. The van der Waals surface area contributed by atoms with Crippen molar-refractivity contribution < 1.29 is 13.5 Å². The molecule has 0 aromatic heterocycles. The average molecular weight is 255 g/mol. The van der Waals surface area contributed by atoms with Gasteiger partial charge in [-0.1, -0.05) is 17.7 Å². The van der Waals surface area contributed by atoms with E-state index in [1.165, 1.54) is 6.07 Å². The number of ether oxygens (including phenoxy) is 1. The Balaban J connectivity index is 2.87. The van der Waals surface area contributed by atoms with Crippen LogP contribution in [0.5, 0.6) is 5.75 Å². The van der Waals surface area contributed by atoms with Crippen LogP contribution in [0.2, 0.25) is 5.02 Å². The lowest BCUT2D eigenvalue weighted by Gasteiger charge is -2.11. The fraction of sp³-hybridized carbons (Fsp3) is 0.400. The van der Waals surface area contributed by atoms with Gasteiger partial charge < -0.3 is 4.74 Å². The van der Waals surface area contributed by atoms with Gasteiger partial charge in [-0.05, 0) is 25.0 Å². The molecule has 0 aliphatic heterocycles. The van der Waals surface area contributed by atoms with Crippen molar-refractivity contribution >= 4 is 23.2 Å². The minimum absolute atomic E-state index is 0.127. The van der Waals surface area contributed by atoms with E-state index < -0.39 is 6.61 Å². The molecule has 0 saturated carbocycles. The molecule has 1 nitrogen and oxygen atoms in total. The third-order valence-corrected chi connectivity index (χ3v) is 2.47. The molecule has 0 bridgehead atoms. The number of hydrogen-bond donors (Lipinski definition) is 0. The molecule has 0 aliphatic rings. The van der Waals surface area contributed by atoms with Gasteiger partial charge in [-0.25, -0.2) is 0 Å². The van der Waals surface area contributed by atoms with Crippen LogP contribution in [0.3, 0.4) is 0 Å². The second kappa shape index (κ2) is 6.13. The molecule has 0 aliphatic carbocycles. The minimum Gasteiger partial charge on any atom is -0.434 e. The molecular weight excluding hydrogens is 245 g/mol. The van der Waals surface area contributed by atoms with Gasteiger partial charge in [0.05, 0.1) is 0 Å². The van der Waals surface area contributed by atoms with E-state index in [1.54, 1.807) is 12.1 Å². The highest BCUT2D eigenvalue weighted by molar-refractivity contribution is 6.31. The lowest BCUT2D eigenvalue weighted by atomic mass is 10.1. The Hall–Kier alpha value is -0.540. The molecule has 1 aromatic rings. The second-order valence-electron chi connectivity index (χ2n) is 2.89. The SMILES string of the molecule is FC(F)Oc1cccc(Cl)c1CCCCl. The lowest BCUT2D eigenvalue weighted by Crippen LogP contribution is -2.05. The fourth-order valence-electron chi connectivity index (χ4n) is 1.23. The maximum Gasteiger partial charge on any atom is 0.387 e. The van der Waals surface area contributed by atoms with E-state index in [1.807, 2.05) is 0 Å². The van der Waals surface area contributed by atoms with Crippen molar-refractivity contribution in [2.45, 2.75) is 19.5 Å². The Kier molecular flexibility index (Phi) is 5.12. The molecule has 15 heavy (non-hydrogen) atoms. The van der Waals surface area contributed by atoms with Gasteiger partial charge in [-0.3, -0.25) is 0 Å². The summed E-state index contributed by atoms with van der Waals surface area (Å²) in [6.45, 7) is -2.83. The largest absolute Gasteiger partial charge is 0.434 e. The predicted octanol–water partition coefficient (Wildman–Crippen LogP) is 4.11. The van der Waals surface area contributed by atoms with E-state index in [2.05, 4.69) is 4.74 Å². The summed E-state index contributed by atoms with van der Waals surface area (Å²) in [5.74, 6) is 0.585. The van der Waals surface area contributed by atoms with Crippen molar-refractivity contribution in [1.29, 1.82) is 0 Å². The predicted molar refractivity (Wildman–Crippen MR) is 57.1 cm³/mol. The number of halogens is 4. The van der Waals surface area contributed by atoms with Crippen molar-refractivity contribution in [3.63, 3.8) is 0 Å². The molecule has 0 heterocycles. The summed E-state index contributed by atoms with van der Waals surface area (Å²) >= 11 is 11.4. The van der Waals surface area contributed by atoms with Crippen molar-refractivity contribution in [3.05, 3.63) is 28.8 Å². The van der Waals surface area contributed by atoms with E-state index in [0.717, 1.165) is 0 Å². The molecular formula is C10H10Cl2F2O. The second-order valence-corrected chi connectivity index (χ2v) is 3.67. The van der Waals surface area contributed by atoms with E-state index >= 15 is 0 Å². The molecule has 5 heteroatoms. The Bertz CT molecular complexity index is 318. The van der Waals surface area contributed by atoms with Crippen LogP contribution in [0.1, 0.15) is 12.0 Å². The van der Waals surface area contributed by atoms with Crippen molar-refractivity contribution in [3.8, 4) is 5.75 Å². The van der Waals surface area contributed by atoms with Crippen LogP contribution in [0.4, 0.5) is 8.78 Å². The number of alkyl halides is 3. The first-order valence-corrected chi connectivity index (χ1v) is 5.34. The molecule has 0 atom stereocenters. The standard InChI is InChI=1S/C10H10Cl2F2O/c11-6-2-3-7-8(12)4-1-5-9(7)15-10(13)14/h1,4-5,10H,2-3,6H2. The lowest BCUT2D eigenvalue weighted by molar-refractivity contribution is -0.0504. The molecule has 0 spiro atoms. The molecule has 0 amide bonds. The summed E-state index contributed by atoms with van der Waals surface area (Å²) in [5, 5.41) is 0.429. The highest BCUT2D eigenvalue weighted by Crippen LogP contribution is 2.28. The van der Waals surface area contributed by atoms with Crippen molar-refractivity contribution in [2.24, 2.45) is 0 Å². The smallest absolute Gasteiger partial charge is 0.387 e. The summed E-state index contributed by atoms with van der Waals surface area (Å²) < 4.78 is 28.5. The summed E-state index contributed by atoms with van der Waals surface area (Å²) in [5.41, 5.74) is 0.583. The summed E-state index contributed by atoms with van der Waals surface area (Å²) in [6, 6.07) is 4.69. The Morgan fingerprint density at radius 1 is 1.33 bits per heavy atom. The van der Waals surface area contributed by atoms with E-state index in [4.69, 9.17) is 23.2 Å². The first-order valence-electron chi connectivity index (χ1n) is 4.43. The van der Waals surface area contributed by atoms with Gasteiger partial charge in [-0.2, -0.15) is 8.78 Å². The molecule has 84 valence electrons. The Labute approximate surface area is 96.9 Å². The summed E-state index contributed by atoms with van der Waals surface area (Å²) in [7, 11) is 0. The van der Waals surface area contributed by atoms with Crippen LogP contribution >= 0.6 is 23.2 Å². The average Bonchev–Trinajstić information content (AvgIpc) is 2.16.